The van der Waals surface area contributed by atoms with Crippen LogP contribution >= 0.6 is 0 Å². The molecule has 6 aliphatic carbocycles. The van der Waals surface area contributed by atoms with Crippen molar-refractivity contribution in [3.63, 3.8) is 0 Å². The first-order valence-electron chi connectivity index (χ1n) is 19.6. The number of morpholine rings is 1. The molecule has 2 heterocycles. The van der Waals surface area contributed by atoms with Crippen molar-refractivity contribution in [3.8, 4) is 0 Å². The van der Waals surface area contributed by atoms with Gasteiger partial charge in [-0.25, -0.2) is 0 Å². The highest BCUT2D eigenvalue weighted by Crippen LogP contribution is 2.89. The van der Waals surface area contributed by atoms with Gasteiger partial charge in [0.25, 0.3) is 0 Å². The number of aliphatic hydroxyl groups excluding tert-OH is 1. The van der Waals surface area contributed by atoms with E-state index >= 15 is 0 Å². The summed E-state index contributed by atoms with van der Waals surface area (Å²) in [6.07, 6.45) is 11.5. The van der Waals surface area contributed by atoms with E-state index in [2.05, 4.69) is 39.9 Å². The van der Waals surface area contributed by atoms with Gasteiger partial charge in [-0.1, -0.05) is 34.6 Å². The minimum atomic E-state index is -0.788. The molecule has 0 radical (unpaired) electrons. The third-order valence-electron chi connectivity index (χ3n) is 16.6. The van der Waals surface area contributed by atoms with Gasteiger partial charge in [-0.2, -0.15) is 0 Å². The first-order chi connectivity index (χ1) is 22.8. The second kappa shape index (κ2) is 11.6. The van der Waals surface area contributed by atoms with Crippen LogP contribution in [0.3, 0.4) is 0 Å². The van der Waals surface area contributed by atoms with Crippen molar-refractivity contribution in [1.82, 2.24) is 10.2 Å². The zero-order valence-electron chi connectivity index (χ0n) is 30.2. The van der Waals surface area contributed by atoms with E-state index in [0.717, 1.165) is 25.7 Å². The molecule has 8 aliphatic rings. The number of carboxylic acid groups (broad SMARTS) is 1. The van der Waals surface area contributed by atoms with Crippen LogP contribution in [0.25, 0.3) is 0 Å². The van der Waals surface area contributed by atoms with E-state index in [1.807, 2.05) is 4.90 Å². The summed E-state index contributed by atoms with van der Waals surface area (Å²) < 4.78 is 19.8. The Morgan fingerprint density at radius 2 is 1.75 bits per heavy atom. The van der Waals surface area contributed by atoms with E-state index in [-0.39, 0.29) is 58.6 Å². The zero-order chi connectivity index (χ0) is 33.9. The Labute approximate surface area is 287 Å². The highest BCUT2D eigenvalue weighted by molar-refractivity contribution is 5.76. The second-order valence-electron chi connectivity index (χ2n) is 18.9. The van der Waals surface area contributed by atoms with Crippen molar-refractivity contribution >= 4 is 11.9 Å². The number of fused-ring (bicyclic) bond motifs is 4. The first kappa shape index (κ1) is 33.9. The van der Waals surface area contributed by atoms with E-state index in [1.165, 1.54) is 38.5 Å². The van der Waals surface area contributed by atoms with E-state index in [4.69, 9.17) is 19.3 Å². The molecule has 8 fully saturated rings. The monoisotopic (exact) mass is 670 g/mol. The lowest BCUT2D eigenvalue weighted by molar-refractivity contribution is -0.248. The molecule has 1 amide bonds. The number of amides is 1. The number of nitrogens with zero attached hydrogens (tertiary/aromatic N) is 1. The molecule has 13 atom stereocenters. The third-order valence-corrected chi connectivity index (χ3v) is 16.6. The van der Waals surface area contributed by atoms with E-state index in [9.17, 15) is 14.7 Å². The van der Waals surface area contributed by atoms with E-state index in [0.29, 0.717) is 74.2 Å². The standard InChI is InChI=1S/C39H62N2O7/c1-23-18-25(20-40-15-11-30(43)44)47-33-32(23)36(4)13-14-39-22-38(39)12-10-28(35(2,3)26(38)8-9-27(39)37(36,5)34(33)45)48-31-21-41(16-17-46-31)29(42)19-24-6-7-24/h23-28,31-34,40,45H,6-22H2,1-5H3,(H,43,44)/t23-,25?,26+,27?,28+,31+,32+,33?,34+,36-,37-,38-,39?/m1/s1. The number of hydrogen-bond donors (Lipinski definition) is 3. The predicted octanol–water partition coefficient (Wildman–Crippen LogP) is 5.23. The normalized spacial score (nSPS) is 50.4. The van der Waals surface area contributed by atoms with Crippen LogP contribution in [-0.2, 0) is 23.8 Å². The largest absolute Gasteiger partial charge is 0.481 e. The Hall–Kier alpha value is -1.26. The van der Waals surface area contributed by atoms with Crippen LogP contribution in [0.5, 0.6) is 0 Å². The third kappa shape index (κ3) is 4.86. The lowest BCUT2D eigenvalue weighted by atomic mass is 9.41. The number of carboxylic acids is 1. The van der Waals surface area contributed by atoms with Crippen LogP contribution in [0.1, 0.15) is 112 Å². The summed E-state index contributed by atoms with van der Waals surface area (Å²) in [4.78, 5) is 25.9. The van der Waals surface area contributed by atoms with Gasteiger partial charge in [0.15, 0.2) is 6.29 Å². The van der Waals surface area contributed by atoms with Crippen molar-refractivity contribution in [2.24, 2.45) is 56.7 Å². The van der Waals surface area contributed by atoms with Crippen LogP contribution < -0.4 is 5.32 Å². The average Bonchev–Trinajstić information content (AvgIpc) is 3.96. The maximum Gasteiger partial charge on any atom is 0.304 e. The topological polar surface area (TPSA) is 118 Å². The molecule has 2 saturated heterocycles. The van der Waals surface area contributed by atoms with Gasteiger partial charge in [0.05, 0.1) is 44.0 Å². The molecular weight excluding hydrogens is 608 g/mol. The summed E-state index contributed by atoms with van der Waals surface area (Å²) in [5.41, 5.74) is 0.453. The summed E-state index contributed by atoms with van der Waals surface area (Å²) in [6.45, 7) is 15.1. The van der Waals surface area contributed by atoms with E-state index in [1.54, 1.807) is 0 Å². The predicted molar refractivity (Wildman–Crippen MR) is 180 cm³/mol. The Balaban J connectivity index is 0.970. The number of hydrogen-bond acceptors (Lipinski definition) is 7. The molecule has 8 rings (SSSR count). The summed E-state index contributed by atoms with van der Waals surface area (Å²) >= 11 is 0. The van der Waals surface area contributed by atoms with Crippen LogP contribution in [0.4, 0.5) is 0 Å². The molecule has 9 nitrogen and oxygen atoms in total. The Morgan fingerprint density at radius 1 is 1.00 bits per heavy atom. The van der Waals surface area contributed by atoms with Crippen LogP contribution in [-0.4, -0.2) is 90.5 Å². The minimum Gasteiger partial charge on any atom is -0.481 e. The highest BCUT2D eigenvalue weighted by atomic mass is 16.7. The van der Waals surface area contributed by atoms with Gasteiger partial charge < -0.3 is 34.6 Å². The zero-order valence-corrected chi connectivity index (χ0v) is 30.2. The molecule has 9 heteroatoms. The van der Waals surface area contributed by atoms with Crippen LogP contribution in [0.2, 0.25) is 0 Å². The van der Waals surface area contributed by atoms with Gasteiger partial charge in [0, 0.05) is 31.5 Å². The molecule has 0 bridgehead atoms. The lowest BCUT2D eigenvalue weighted by Crippen LogP contribution is -2.60. The van der Waals surface area contributed by atoms with Gasteiger partial charge >= 0.3 is 5.97 Å². The number of carbonyl (C=O) groups excluding carboxylic acids is 1. The fraction of sp³-hybridized carbons (Fsp3) is 0.949. The fourth-order valence-electron chi connectivity index (χ4n) is 14.0. The Morgan fingerprint density at radius 3 is 2.50 bits per heavy atom. The molecule has 270 valence electrons. The molecule has 3 N–H and O–H groups in total. The molecule has 0 aromatic rings. The highest BCUT2D eigenvalue weighted by Gasteiger charge is 2.84. The van der Waals surface area contributed by atoms with Crippen molar-refractivity contribution in [3.05, 3.63) is 0 Å². The summed E-state index contributed by atoms with van der Waals surface area (Å²) in [6, 6.07) is 0. The second-order valence-corrected chi connectivity index (χ2v) is 18.9. The molecule has 0 aromatic heterocycles. The lowest BCUT2D eigenvalue weighted by Gasteiger charge is -2.64. The molecule has 6 saturated carbocycles. The quantitative estimate of drug-likeness (QED) is 0.286. The SMILES string of the molecule is C[C@@H]1CC(CNCCC(=O)O)OC2[C@H]1[C@@]1(C)CCC34C[C@@]35CC[C@H](O[C@H]3CN(C(=O)CC6CC6)CCO3)C(C)(C)[C@@H]5CCC4[C@]1(C)[C@H]2O. The summed E-state index contributed by atoms with van der Waals surface area (Å²) in [7, 11) is 0. The first-order valence-corrected chi connectivity index (χ1v) is 19.6. The van der Waals surface area contributed by atoms with Crippen molar-refractivity contribution in [2.75, 3.05) is 32.8 Å². The molecule has 4 unspecified atom stereocenters. The number of rotatable bonds is 9. The number of nitrogens with one attached hydrogen (secondary N) is 1. The molecule has 0 aromatic carbocycles. The Kier molecular flexibility index (Phi) is 8.20. The number of ether oxygens (including phenoxy) is 3. The van der Waals surface area contributed by atoms with Crippen molar-refractivity contribution < 1.29 is 34.0 Å². The van der Waals surface area contributed by atoms with Gasteiger partial charge in [-0.3, -0.25) is 9.59 Å². The van der Waals surface area contributed by atoms with Gasteiger partial charge in [0.2, 0.25) is 5.91 Å². The van der Waals surface area contributed by atoms with Gasteiger partial charge in [-0.15, -0.1) is 0 Å². The maximum atomic E-state index is 12.9. The molecule has 2 spiro atoms. The van der Waals surface area contributed by atoms with Gasteiger partial charge in [-0.05, 0) is 115 Å². The van der Waals surface area contributed by atoms with Crippen molar-refractivity contribution in [2.45, 2.75) is 142 Å². The molecule has 2 aliphatic heterocycles. The van der Waals surface area contributed by atoms with Gasteiger partial charge in [0.1, 0.15) is 0 Å². The maximum absolute atomic E-state index is 12.9. The van der Waals surface area contributed by atoms with Crippen LogP contribution in [0.15, 0.2) is 0 Å². The van der Waals surface area contributed by atoms with E-state index < -0.39 is 12.1 Å². The average molecular weight is 671 g/mol. The molecular formula is C39H62N2O7. The number of aliphatic hydroxyl groups is 1. The summed E-state index contributed by atoms with van der Waals surface area (Å²) in [5, 5.41) is 24.8. The minimum absolute atomic E-state index is 0.00151. The van der Waals surface area contributed by atoms with Crippen molar-refractivity contribution in [1.29, 1.82) is 0 Å². The fourth-order valence-corrected chi connectivity index (χ4v) is 14.0. The Bertz CT molecular complexity index is 1290. The summed E-state index contributed by atoms with van der Waals surface area (Å²) in [5.74, 6) is 1.93. The molecule has 48 heavy (non-hydrogen) atoms. The van der Waals surface area contributed by atoms with Crippen LogP contribution in [0, 0.1) is 56.7 Å². The smallest absolute Gasteiger partial charge is 0.304 e. The number of aliphatic carboxylic acids is 1. The number of carbonyl (C=O) groups is 2.